The largest absolute Gasteiger partial charge is 0.394 e. The van der Waals surface area contributed by atoms with E-state index in [9.17, 15) is 31.5 Å². The van der Waals surface area contributed by atoms with Gasteiger partial charge < -0.3 is 10.4 Å². The van der Waals surface area contributed by atoms with Gasteiger partial charge in [0.05, 0.1) is 34.9 Å². The number of benzene rings is 1. The number of carbonyl (C=O) groups excluding carboxylic acids is 1. The van der Waals surface area contributed by atoms with Gasteiger partial charge in [0.1, 0.15) is 0 Å². The minimum Gasteiger partial charge on any atom is -0.394 e. The molecule has 4 rings (SSSR count). The van der Waals surface area contributed by atoms with Crippen LogP contribution in [0.5, 0.6) is 0 Å². The van der Waals surface area contributed by atoms with E-state index in [1.165, 1.54) is 18.3 Å². The van der Waals surface area contributed by atoms with E-state index in [4.69, 9.17) is 0 Å². The number of carbonyl (C=O) groups is 1. The smallest absolute Gasteiger partial charge is 0.391 e. The third-order valence-corrected chi connectivity index (χ3v) is 9.83. The van der Waals surface area contributed by atoms with Crippen LogP contribution in [0, 0.1) is 11.8 Å². The minimum atomic E-state index is -4.11. The zero-order valence-electron chi connectivity index (χ0n) is 22.2. The summed E-state index contributed by atoms with van der Waals surface area (Å²) in [7, 11) is -3.41. The number of aliphatic hydroxyl groups is 1. The lowest BCUT2D eigenvalue weighted by Crippen LogP contribution is -2.33. The van der Waals surface area contributed by atoms with Crippen molar-refractivity contribution >= 4 is 15.7 Å². The Bertz CT molecular complexity index is 1260. The maximum absolute atomic E-state index is 13.1. The van der Waals surface area contributed by atoms with Gasteiger partial charge in [0.2, 0.25) is 0 Å². The van der Waals surface area contributed by atoms with Gasteiger partial charge in [0, 0.05) is 30.9 Å². The van der Waals surface area contributed by atoms with Crippen LogP contribution in [0.3, 0.4) is 0 Å². The lowest BCUT2D eigenvalue weighted by Gasteiger charge is -2.34. The van der Waals surface area contributed by atoms with Gasteiger partial charge in [0.15, 0.2) is 9.84 Å². The molecule has 2 aliphatic rings. The normalized spacial score (nSPS) is 22.9. The highest BCUT2D eigenvalue weighted by atomic mass is 32.2. The minimum absolute atomic E-state index is 0.0536. The second-order valence-corrected chi connectivity index (χ2v) is 12.8. The van der Waals surface area contributed by atoms with Gasteiger partial charge in [-0.05, 0) is 73.4 Å². The van der Waals surface area contributed by atoms with Crippen molar-refractivity contribution in [2.75, 3.05) is 18.9 Å². The van der Waals surface area contributed by atoms with Crippen LogP contribution in [-0.4, -0.2) is 54.4 Å². The molecule has 0 radical (unpaired) electrons. The van der Waals surface area contributed by atoms with Gasteiger partial charge in [-0.15, -0.1) is 0 Å². The molecule has 2 aromatic rings. The second kappa shape index (κ2) is 11.9. The fourth-order valence-corrected chi connectivity index (χ4v) is 6.63. The summed E-state index contributed by atoms with van der Waals surface area (Å²) in [5, 5.41) is 12.7. The number of nitrogens with one attached hydrogen (secondary N) is 1. The molecule has 7 nitrogen and oxygen atoms in total. The highest BCUT2D eigenvalue weighted by molar-refractivity contribution is 7.91. The van der Waals surface area contributed by atoms with Crippen molar-refractivity contribution < 1.29 is 31.5 Å². The summed E-state index contributed by atoms with van der Waals surface area (Å²) in [5.41, 5.74) is 2.93. The van der Waals surface area contributed by atoms with Gasteiger partial charge >= 0.3 is 6.18 Å². The summed E-state index contributed by atoms with van der Waals surface area (Å²) in [6.45, 7) is 4.59. The monoisotopic (exact) mass is 567 g/mol. The molecule has 39 heavy (non-hydrogen) atoms. The van der Waals surface area contributed by atoms with Crippen molar-refractivity contribution in [3.8, 4) is 0 Å². The number of sulfone groups is 1. The van der Waals surface area contributed by atoms with Crippen LogP contribution in [0.2, 0.25) is 0 Å². The van der Waals surface area contributed by atoms with Crippen molar-refractivity contribution in [1.29, 1.82) is 0 Å². The van der Waals surface area contributed by atoms with E-state index in [1.54, 1.807) is 13.0 Å². The molecule has 11 heteroatoms. The molecule has 0 unspecified atom stereocenters. The maximum Gasteiger partial charge on any atom is 0.391 e. The number of hydrogen-bond acceptors (Lipinski definition) is 6. The first-order valence-corrected chi connectivity index (χ1v) is 15.2. The summed E-state index contributed by atoms with van der Waals surface area (Å²) in [6, 6.07) is 7.77. The Hall–Kier alpha value is -2.50. The van der Waals surface area contributed by atoms with Gasteiger partial charge in [0.25, 0.3) is 5.91 Å². The first-order chi connectivity index (χ1) is 18.5. The zero-order valence-corrected chi connectivity index (χ0v) is 23.1. The van der Waals surface area contributed by atoms with Crippen molar-refractivity contribution in [3.05, 3.63) is 58.9 Å². The quantitative estimate of drug-likeness (QED) is 0.444. The molecular formula is C28H36F3N3O4S. The van der Waals surface area contributed by atoms with Crippen molar-refractivity contribution in [3.63, 3.8) is 0 Å². The van der Waals surface area contributed by atoms with Crippen LogP contribution in [-0.2, 0) is 16.4 Å². The molecule has 0 saturated heterocycles. The van der Waals surface area contributed by atoms with E-state index in [-0.39, 0.29) is 41.4 Å². The number of pyridine rings is 1. The fourth-order valence-electron chi connectivity index (χ4n) is 5.81. The number of nitrogens with zero attached hydrogens (tertiary/aromatic N) is 2. The third kappa shape index (κ3) is 6.63. The Balaban J connectivity index is 1.41. The Kier molecular flexibility index (Phi) is 9.02. The predicted octanol–water partition coefficient (Wildman–Crippen LogP) is 4.97. The number of fused-ring (bicyclic) bond motifs is 1. The van der Waals surface area contributed by atoms with Crippen LogP contribution in [0.15, 0.2) is 41.4 Å². The van der Waals surface area contributed by atoms with Crippen LogP contribution >= 0.6 is 0 Å². The zero-order chi connectivity index (χ0) is 28.4. The van der Waals surface area contributed by atoms with Crippen LogP contribution in [0.25, 0.3) is 0 Å². The molecule has 0 spiro atoms. The number of alkyl halides is 3. The highest BCUT2D eigenvalue weighted by Crippen LogP contribution is 2.42. The van der Waals surface area contributed by atoms with Gasteiger partial charge in [-0.2, -0.15) is 13.2 Å². The number of aromatic nitrogens is 1. The molecule has 1 saturated carbocycles. The molecule has 1 fully saturated rings. The third-order valence-electron chi connectivity index (χ3n) is 8.11. The summed E-state index contributed by atoms with van der Waals surface area (Å²) in [4.78, 5) is 19.6. The molecule has 2 N–H and O–H groups in total. The molecule has 2 heterocycles. The van der Waals surface area contributed by atoms with Crippen molar-refractivity contribution in [2.24, 2.45) is 11.8 Å². The lowest BCUT2D eigenvalue weighted by atomic mass is 9.81. The van der Waals surface area contributed by atoms with Crippen molar-refractivity contribution in [1.82, 2.24) is 15.2 Å². The molecule has 214 valence electrons. The summed E-state index contributed by atoms with van der Waals surface area (Å²) in [6.07, 6.45) is -0.498. The summed E-state index contributed by atoms with van der Waals surface area (Å²) >= 11 is 0. The molecule has 1 aromatic heterocycles. The molecular weight excluding hydrogens is 531 g/mol. The Morgan fingerprint density at radius 3 is 2.44 bits per heavy atom. The van der Waals surface area contributed by atoms with E-state index in [0.29, 0.717) is 30.6 Å². The van der Waals surface area contributed by atoms with Crippen LogP contribution in [0.4, 0.5) is 13.2 Å². The van der Waals surface area contributed by atoms with E-state index in [1.807, 2.05) is 12.1 Å². The topological polar surface area (TPSA) is 99.6 Å². The molecule has 1 aromatic carbocycles. The van der Waals surface area contributed by atoms with E-state index in [2.05, 4.69) is 22.1 Å². The number of halogens is 3. The van der Waals surface area contributed by atoms with E-state index >= 15 is 0 Å². The molecule has 1 aliphatic heterocycles. The van der Waals surface area contributed by atoms with Gasteiger partial charge in [-0.3, -0.25) is 14.7 Å². The van der Waals surface area contributed by atoms with Crippen LogP contribution < -0.4 is 5.32 Å². The Labute approximate surface area is 227 Å². The average molecular weight is 568 g/mol. The number of aliphatic hydroxyl groups excluding tert-OH is 1. The highest BCUT2D eigenvalue weighted by Gasteiger charge is 2.42. The number of hydrogen-bond donors (Lipinski definition) is 2. The summed E-state index contributed by atoms with van der Waals surface area (Å²) < 4.78 is 63.2. The lowest BCUT2D eigenvalue weighted by molar-refractivity contribution is -0.184. The van der Waals surface area contributed by atoms with Gasteiger partial charge in [-0.25, -0.2) is 8.42 Å². The van der Waals surface area contributed by atoms with Crippen molar-refractivity contribution in [2.45, 2.75) is 75.7 Å². The number of amides is 1. The maximum atomic E-state index is 13.1. The molecule has 1 aliphatic carbocycles. The standard InChI is InChI=1S/C28H36F3N3O4S/c1-3-26-23-11-7-19(13-20(23)16-34(26)15-18-5-8-21(9-6-18)28(29,30)31)27(36)33-25(17-35)24-12-10-22(14-32-24)39(37,38)4-2/h7,10-14,18,21,25-26,35H,3-6,8-9,15-17H2,1-2H3,(H,33,36)/t18-,21-,25-,26-/m0/s1. The molecule has 2 atom stereocenters. The second-order valence-electron chi connectivity index (χ2n) is 10.6. The Morgan fingerprint density at radius 2 is 1.87 bits per heavy atom. The average Bonchev–Trinajstić information content (AvgIpc) is 3.27. The first kappa shape index (κ1) is 29.5. The fraction of sp³-hybridized carbons (Fsp3) is 0.571. The number of rotatable bonds is 9. The molecule has 0 bridgehead atoms. The summed E-state index contributed by atoms with van der Waals surface area (Å²) in [5.74, 6) is -1.40. The van der Waals surface area contributed by atoms with Gasteiger partial charge in [-0.1, -0.05) is 19.9 Å². The SMILES string of the molecule is CC[C@H]1c2ccc(C(=O)N[C@@H](CO)c3ccc(S(=O)(=O)CC)cn3)cc2CN1C[C@H]1CC[C@H](C(F)(F)F)CC1. The first-order valence-electron chi connectivity index (χ1n) is 13.5. The van der Waals surface area contributed by atoms with Crippen LogP contribution in [0.1, 0.15) is 85.2 Å². The van der Waals surface area contributed by atoms with E-state index in [0.717, 1.165) is 24.1 Å². The Morgan fingerprint density at radius 1 is 1.15 bits per heavy atom. The molecule has 1 amide bonds. The van der Waals surface area contributed by atoms with E-state index < -0.39 is 34.6 Å². The predicted molar refractivity (Wildman–Crippen MR) is 141 cm³/mol.